The SMILES string of the molecule is CCCCCCCOc1ccc(CNCCCP(=O)(O)CO)cc1. The molecule has 0 heterocycles. The van der Waals surface area contributed by atoms with Crippen molar-refractivity contribution in [1.29, 1.82) is 0 Å². The van der Waals surface area contributed by atoms with Crippen LogP contribution < -0.4 is 10.1 Å². The van der Waals surface area contributed by atoms with Crippen molar-refractivity contribution in [3.63, 3.8) is 0 Å². The number of ether oxygens (including phenoxy) is 1. The van der Waals surface area contributed by atoms with Crippen LogP contribution in [0.5, 0.6) is 5.75 Å². The van der Waals surface area contributed by atoms with Gasteiger partial charge in [0.25, 0.3) is 0 Å². The second-order valence-electron chi connectivity index (χ2n) is 6.15. The molecule has 24 heavy (non-hydrogen) atoms. The summed E-state index contributed by atoms with van der Waals surface area (Å²) in [5.74, 6) is 0.901. The topological polar surface area (TPSA) is 78.8 Å². The summed E-state index contributed by atoms with van der Waals surface area (Å²) in [6, 6.07) is 8.03. The van der Waals surface area contributed by atoms with Gasteiger partial charge in [-0.15, -0.1) is 0 Å². The van der Waals surface area contributed by atoms with Gasteiger partial charge in [-0.25, -0.2) is 0 Å². The summed E-state index contributed by atoms with van der Waals surface area (Å²) in [6.45, 7) is 4.35. The normalized spacial score (nSPS) is 13.6. The number of aliphatic hydroxyl groups excluding tert-OH is 1. The Kier molecular flexibility index (Phi) is 11.0. The van der Waals surface area contributed by atoms with E-state index >= 15 is 0 Å². The smallest absolute Gasteiger partial charge is 0.225 e. The minimum atomic E-state index is -3.31. The van der Waals surface area contributed by atoms with Crippen LogP contribution >= 0.6 is 7.37 Å². The Hall–Kier alpha value is -0.870. The second-order valence-corrected chi connectivity index (χ2v) is 8.57. The Morgan fingerprint density at radius 3 is 2.46 bits per heavy atom. The number of unbranched alkanes of at least 4 members (excludes halogenated alkanes) is 4. The Labute approximate surface area is 145 Å². The molecule has 0 aliphatic rings. The van der Waals surface area contributed by atoms with E-state index in [1.54, 1.807) is 0 Å². The van der Waals surface area contributed by atoms with Crippen molar-refractivity contribution in [2.75, 3.05) is 25.7 Å². The first-order valence-electron chi connectivity index (χ1n) is 8.91. The number of nitrogens with one attached hydrogen (secondary N) is 1. The molecule has 0 saturated heterocycles. The molecule has 0 spiro atoms. The van der Waals surface area contributed by atoms with E-state index in [1.165, 1.54) is 25.7 Å². The standard InChI is InChI=1S/C18H32NO4P/c1-2-3-4-5-6-13-23-18-10-8-17(9-11-18)15-19-12-7-14-24(21,22)16-20/h8-11,19-20H,2-7,12-16H2,1H3,(H,21,22). The molecule has 1 rings (SSSR count). The summed E-state index contributed by atoms with van der Waals surface area (Å²) >= 11 is 0. The van der Waals surface area contributed by atoms with E-state index < -0.39 is 13.7 Å². The van der Waals surface area contributed by atoms with Gasteiger partial charge in [-0.1, -0.05) is 44.7 Å². The molecule has 0 fully saturated rings. The molecule has 1 aromatic carbocycles. The average Bonchev–Trinajstić information content (AvgIpc) is 2.59. The predicted octanol–water partition coefficient (Wildman–Crippen LogP) is 3.74. The molecule has 0 bridgehead atoms. The van der Waals surface area contributed by atoms with E-state index in [-0.39, 0.29) is 6.16 Å². The fourth-order valence-electron chi connectivity index (χ4n) is 2.35. The van der Waals surface area contributed by atoms with Crippen molar-refractivity contribution in [2.24, 2.45) is 0 Å². The van der Waals surface area contributed by atoms with Gasteiger partial charge in [0.05, 0.1) is 6.61 Å². The maximum absolute atomic E-state index is 11.3. The Balaban J connectivity index is 2.12. The molecule has 3 N–H and O–H groups in total. The lowest BCUT2D eigenvalue weighted by molar-refractivity contribution is 0.304. The highest BCUT2D eigenvalue weighted by Gasteiger charge is 2.14. The van der Waals surface area contributed by atoms with Crippen LogP contribution in [0.2, 0.25) is 0 Å². The maximum Gasteiger partial charge on any atom is 0.225 e. The lowest BCUT2D eigenvalue weighted by atomic mass is 10.2. The van der Waals surface area contributed by atoms with Crippen LogP contribution in [-0.2, 0) is 11.1 Å². The van der Waals surface area contributed by atoms with Crippen LogP contribution in [-0.4, -0.2) is 35.7 Å². The maximum atomic E-state index is 11.3. The third-order valence-electron chi connectivity index (χ3n) is 3.85. The number of benzene rings is 1. The zero-order valence-corrected chi connectivity index (χ0v) is 15.6. The van der Waals surface area contributed by atoms with Crippen LogP contribution in [0.3, 0.4) is 0 Å². The highest BCUT2D eigenvalue weighted by atomic mass is 31.2. The van der Waals surface area contributed by atoms with E-state index in [9.17, 15) is 9.46 Å². The van der Waals surface area contributed by atoms with Crippen LogP contribution in [0.1, 0.15) is 51.0 Å². The first kappa shape index (κ1) is 21.2. The van der Waals surface area contributed by atoms with Gasteiger partial charge >= 0.3 is 0 Å². The lowest BCUT2D eigenvalue weighted by Crippen LogP contribution is -2.16. The van der Waals surface area contributed by atoms with Crippen molar-refractivity contribution in [3.05, 3.63) is 29.8 Å². The van der Waals surface area contributed by atoms with Gasteiger partial charge in [0.1, 0.15) is 12.1 Å². The molecule has 0 amide bonds. The molecule has 0 saturated carbocycles. The number of aliphatic hydroxyl groups is 1. The molecular formula is C18H32NO4P. The minimum Gasteiger partial charge on any atom is -0.494 e. The van der Waals surface area contributed by atoms with E-state index in [0.717, 1.165) is 24.3 Å². The third kappa shape index (κ3) is 10.1. The van der Waals surface area contributed by atoms with Crippen LogP contribution in [0.25, 0.3) is 0 Å². The van der Waals surface area contributed by atoms with Crippen molar-refractivity contribution in [1.82, 2.24) is 5.32 Å². The Morgan fingerprint density at radius 1 is 1.08 bits per heavy atom. The largest absolute Gasteiger partial charge is 0.494 e. The summed E-state index contributed by atoms with van der Waals surface area (Å²) in [7, 11) is -3.31. The molecule has 0 aliphatic carbocycles. The summed E-state index contributed by atoms with van der Waals surface area (Å²) in [5, 5.41) is 12.0. The Morgan fingerprint density at radius 2 is 1.79 bits per heavy atom. The highest BCUT2D eigenvalue weighted by molar-refractivity contribution is 7.57. The van der Waals surface area contributed by atoms with Crippen LogP contribution in [0.15, 0.2) is 24.3 Å². The summed E-state index contributed by atoms with van der Waals surface area (Å²) in [5.41, 5.74) is 1.15. The van der Waals surface area contributed by atoms with Crippen molar-refractivity contribution in [3.8, 4) is 5.75 Å². The first-order chi connectivity index (χ1) is 11.6. The molecule has 0 aromatic heterocycles. The van der Waals surface area contributed by atoms with Gasteiger partial charge in [0.15, 0.2) is 0 Å². The number of hydrogen-bond donors (Lipinski definition) is 3. The van der Waals surface area contributed by atoms with E-state index in [4.69, 9.17) is 9.84 Å². The van der Waals surface area contributed by atoms with Crippen molar-refractivity contribution in [2.45, 2.75) is 52.0 Å². The van der Waals surface area contributed by atoms with E-state index in [0.29, 0.717) is 19.5 Å². The van der Waals surface area contributed by atoms with E-state index in [2.05, 4.69) is 12.2 Å². The van der Waals surface area contributed by atoms with Gasteiger partial charge in [-0.2, -0.15) is 0 Å². The van der Waals surface area contributed by atoms with Crippen molar-refractivity contribution >= 4 is 7.37 Å². The second kappa shape index (κ2) is 12.5. The molecule has 5 nitrogen and oxygen atoms in total. The van der Waals surface area contributed by atoms with Gasteiger partial charge in [0, 0.05) is 12.7 Å². The molecule has 1 aromatic rings. The molecule has 6 heteroatoms. The predicted molar refractivity (Wildman–Crippen MR) is 98.8 cm³/mol. The molecule has 1 atom stereocenters. The number of rotatable bonds is 14. The first-order valence-corrected chi connectivity index (χ1v) is 10.9. The summed E-state index contributed by atoms with van der Waals surface area (Å²) in [6.07, 6.45) is 6.28. The van der Waals surface area contributed by atoms with Gasteiger partial charge in [0.2, 0.25) is 7.37 Å². The van der Waals surface area contributed by atoms with Gasteiger partial charge in [-0.05, 0) is 37.1 Å². The van der Waals surface area contributed by atoms with Crippen LogP contribution in [0.4, 0.5) is 0 Å². The quantitative estimate of drug-likeness (QED) is 0.349. The third-order valence-corrected chi connectivity index (χ3v) is 5.31. The highest BCUT2D eigenvalue weighted by Crippen LogP contribution is 2.39. The fourth-order valence-corrected chi connectivity index (χ4v) is 3.15. The monoisotopic (exact) mass is 357 g/mol. The number of hydrogen-bond acceptors (Lipinski definition) is 4. The fraction of sp³-hybridized carbons (Fsp3) is 0.667. The summed E-state index contributed by atoms with van der Waals surface area (Å²) < 4.78 is 17.0. The zero-order valence-electron chi connectivity index (χ0n) is 14.7. The zero-order chi connectivity index (χ0) is 17.7. The van der Waals surface area contributed by atoms with Crippen molar-refractivity contribution < 1.29 is 19.3 Å². The molecule has 1 unspecified atom stereocenters. The molecular weight excluding hydrogens is 325 g/mol. The summed E-state index contributed by atoms with van der Waals surface area (Å²) in [4.78, 5) is 9.27. The lowest BCUT2D eigenvalue weighted by Gasteiger charge is -2.09. The average molecular weight is 357 g/mol. The van der Waals surface area contributed by atoms with Gasteiger partial charge < -0.3 is 20.1 Å². The van der Waals surface area contributed by atoms with Gasteiger partial charge in [-0.3, -0.25) is 4.57 Å². The van der Waals surface area contributed by atoms with Crippen LogP contribution in [0, 0.1) is 0 Å². The molecule has 0 aliphatic heterocycles. The minimum absolute atomic E-state index is 0.154. The molecule has 0 radical (unpaired) electrons. The molecule has 138 valence electrons. The van der Waals surface area contributed by atoms with E-state index in [1.807, 2.05) is 24.3 Å². The Bertz CT molecular complexity index is 478.